The van der Waals surface area contributed by atoms with Crippen LogP contribution in [0.3, 0.4) is 0 Å². The van der Waals surface area contributed by atoms with Crippen LogP contribution in [0.5, 0.6) is 5.75 Å². The van der Waals surface area contributed by atoms with E-state index in [2.05, 4.69) is 34.2 Å². The van der Waals surface area contributed by atoms with Gasteiger partial charge in [0.05, 0.1) is 11.6 Å². The number of methoxy groups -OCH3 is 1. The molecule has 0 saturated heterocycles. The van der Waals surface area contributed by atoms with E-state index in [9.17, 15) is 0 Å². The minimum absolute atomic E-state index is 0.299. The summed E-state index contributed by atoms with van der Waals surface area (Å²) in [4.78, 5) is 0. The summed E-state index contributed by atoms with van der Waals surface area (Å²) in [6.45, 7) is 2.10. The molecule has 0 spiro atoms. The van der Waals surface area contributed by atoms with Gasteiger partial charge in [-0.3, -0.25) is 0 Å². The van der Waals surface area contributed by atoms with Crippen LogP contribution in [-0.2, 0) is 0 Å². The topological polar surface area (TPSA) is 21.3 Å². The van der Waals surface area contributed by atoms with E-state index in [0.717, 1.165) is 10.2 Å². The average Bonchev–Trinajstić information content (AvgIpc) is 2.16. The molecule has 0 aliphatic rings. The third-order valence-electron chi connectivity index (χ3n) is 2.10. The number of para-hydroxylation sites is 1. The normalized spacial score (nSPS) is 12.6. The van der Waals surface area contributed by atoms with Gasteiger partial charge in [0.2, 0.25) is 0 Å². The van der Waals surface area contributed by atoms with Crippen molar-refractivity contribution >= 4 is 15.9 Å². The highest BCUT2D eigenvalue weighted by Gasteiger charge is 2.11. The minimum Gasteiger partial charge on any atom is -0.495 e. The van der Waals surface area contributed by atoms with E-state index in [1.165, 1.54) is 5.56 Å². The molecular weight excluding hydrogens is 230 g/mol. The first-order valence-electron chi connectivity index (χ1n) is 4.20. The van der Waals surface area contributed by atoms with Crippen molar-refractivity contribution in [2.45, 2.75) is 13.0 Å². The molecule has 0 aromatic heterocycles. The number of halogens is 1. The molecule has 0 fully saturated rings. The van der Waals surface area contributed by atoms with Gasteiger partial charge < -0.3 is 10.1 Å². The molecular formula is C10H14BrNO. The summed E-state index contributed by atoms with van der Waals surface area (Å²) in [5.41, 5.74) is 1.17. The fourth-order valence-corrected chi connectivity index (χ4v) is 1.78. The molecule has 13 heavy (non-hydrogen) atoms. The van der Waals surface area contributed by atoms with Crippen LogP contribution < -0.4 is 10.1 Å². The van der Waals surface area contributed by atoms with Crippen LogP contribution in [0.4, 0.5) is 0 Å². The van der Waals surface area contributed by atoms with Gasteiger partial charge in [-0.25, -0.2) is 0 Å². The molecule has 0 saturated carbocycles. The molecule has 0 heterocycles. The highest BCUT2D eigenvalue weighted by molar-refractivity contribution is 9.10. The van der Waals surface area contributed by atoms with Gasteiger partial charge in [0.25, 0.3) is 0 Å². The second kappa shape index (κ2) is 4.63. The van der Waals surface area contributed by atoms with Gasteiger partial charge in [-0.15, -0.1) is 0 Å². The van der Waals surface area contributed by atoms with Gasteiger partial charge in [-0.2, -0.15) is 0 Å². The first kappa shape index (κ1) is 10.5. The Balaban J connectivity index is 3.12. The predicted octanol–water partition coefficient (Wildman–Crippen LogP) is 2.74. The zero-order valence-electron chi connectivity index (χ0n) is 8.10. The fraction of sp³-hybridized carbons (Fsp3) is 0.400. The van der Waals surface area contributed by atoms with Gasteiger partial charge in [-0.05, 0) is 36.0 Å². The Morgan fingerprint density at radius 1 is 1.46 bits per heavy atom. The summed E-state index contributed by atoms with van der Waals surface area (Å²) < 4.78 is 6.31. The molecule has 1 rings (SSSR count). The zero-order chi connectivity index (χ0) is 9.84. The van der Waals surface area contributed by atoms with E-state index in [4.69, 9.17) is 4.74 Å². The first-order valence-corrected chi connectivity index (χ1v) is 4.99. The summed E-state index contributed by atoms with van der Waals surface area (Å²) >= 11 is 3.45. The largest absolute Gasteiger partial charge is 0.495 e. The Morgan fingerprint density at radius 2 is 2.15 bits per heavy atom. The Bertz CT molecular complexity index is 288. The molecule has 1 aromatic rings. The molecule has 3 heteroatoms. The standard InChI is InChI=1S/C10H14BrNO/c1-7(12-2)8-5-4-6-9(11)10(8)13-3/h4-7,12H,1-3H3. The second-order valence-electron chi connectivity index (χ2n) is 2.87. The summed E-state index contributed by atoms with van der Waals surface area (Å²) in [5, 5.41) is 3.18. The van der Waals surface area contributed by atoms with Crippen LogP contribution in [0, 0.1) is 0 Å². The smallest absolute Gasteiger partial charge is 0.137 e. The second-order valence-corrected chi connectivity index (χ2v) is 3.73. The van der Waals surface area contributed by atoms with Crippen LogP contribution in [0.1, 0.15) is 18.5 Å². The van der Waals surface area contributed by atoms with E-state index in [0.29, 0.717) is 6.04 Å². The van der Waals surface area contributed by atoms with Crippen molar-refractivity contribution in [1.29, 1.82) is 0 Å². The maximum absolute atomic E-state index is 5.31. The lowest BCUT2D eigenvalue weighted by Gasteiger charge is -2.15. The molecule has 1 atom stereocenters. The number of hydrogen-bond acceptors (Lipinski definition) is 2. The van der Waals surface area contributed by atoms with Crippen LogP contribution in [-0.4, -0.2) is 14.2 Å². The Morgan fingerprint density at radius 3 is 2.69 bits per heavy atom. The molecule has 1 N–H and O–H groups in total. The van der Waals surface area contributed by atoms with Crippen LogP contribution in [0.15, 0.2) is 22.7 Å². The maximum atomic E-state index is 5.31. The van der Waals surface area contributed by atoms with Gasteiger partial charge in [0.1, 0.15) is 5.75 Å². The van der Waals surface area contributed by atoms with Crippen molar-refractivity contribution in [2.24, 2.45) is 0 Å². The number of hydrogen-bond donors (Lipinski definition) is 1. The van der Waals surface area contributed by atoms with E-state index in [-0.39, 0.29) is 0 Å². The van der Waals surface area contributed by atoms with E-state index >= 15 is 0 Å². The predicted molar refractivity (Wildman–Crippen MR) is 58.2 cm³/mol. The Labute approximate surface area is 87.4 Å². The van der Waals surface area contributed by atoms with Crippen molar-refractivity contribution in [3.8, 4) is 5.75 Å². The Kier molecular flexibility index (Phi) is 3.75. The van der Waals surface area contributed by atoms with Gasteiger partial charge in [0, 0.05) is 11.6 Å². The number of ether oxygens (including phenoxy) is 1. The summed E-state index contributed by atoms with van der Waals surface area (Å²) in [6, 6.07) is 6.35. The molecule has 1 aromatic carbocycles. The van der Waals surface area contributed by atoms with Crippen molar-refractivity contribution in [1.82, 2.24) is 5.32 Å². The van der Waals surface area contributed by atoms with Crippen molar-refractivity contribution in [2.75, 3.05) is 14.2 Å². The molecule has 1 unspecified atom stereocenters. The molecule has 0 amide bonds. The van der Waals surface area contributed by atoms with Crippen LogP contribution in [0.2, 0.25) is 0 Å². The quantitative estimate of drug-likeness (QED) is 0.882. The SMILES string of the molecule is CNC(C)c1cccc(Br)c1OC. The van der Waals surface area contributed by atoms with Gasteiger partial charge in [-0.1, -0.05) is 12.1 Å². The first-order chi connectivity index (χ1) is 6.20. The number of benzene rings is 1. The average molecular weight is 244 g/mol. The number of rotatable bonds is 3. The molecule has 0 bridgehead atoms. The van der Waals surface area contributed by atoms with Crippen molar-refractivity contribution in [3.63, 3.8) is 0 Å². The summed E-state index contributed by atoms with van der Waals surface area (Å²) in [6.07, 6.45) is 0. The highest BCUT2D eigenvalue weighted by Crippen LogP contribution is 2.32. The third-order valence-corrected chi connectivity index (χ3v) is 2.73. The lowest BCUT2D eigenvalue weighted by molar-refractivity contribution is 0.401. The lowest BCUT2D eigenvalue weighted by atomic mass is 10.1. The zero-order valence-corrected chi connectivity index (χ0v) is 9.68. The molecule has 2 nitrogen and oxygen atoms in total. The van der Waals surface area contributed by atoms with E-state index in [1.807, 2.05) is 19.2 Å². The highest BCUT2D eigenvalue weighted by atomic mass is 79.9. The van der Waals surface area contributed by atoms with E-state index in [1.54, 1.807) is 7.11 Å². The minimum atomic E-state index is 0.299. The summed E-state index contributed by atoms with van der Waals surface area (Å²) in [7, 11) is 3.62. The Hall–Kier alpha value is -0.540. The molecule has 0 aliphatic heterocycles. The third kappa shape index (κ3) is 2.23. The maximum Gasteiger partial charge on any atom is 0.137 e. The number of nitrogens with one attached hydrogen (secondary N) is 1. The molecule has 72 valence electrons. The summed E-state index contributed by atoms with van der Waals surface area (Å²) in [5.74, 6) is 0.907. The fourth-order valence-electron chi connectivity index (χ4n) is 1.24. The van der Waals surface area contributed by atoms with Gasteiger partial charge >= 0.3 is 0 Å². The van der Waals surface area contributed by atoms with Gasteiger partial charge in [0.15, 0.2) is 0 Å². The van der Waals surface area contributed by atoms with Crippen molar-refractivity contribution in [3.05, 3.63) is 28.2 Å². The van der Waals surface area contributed by atoms with Crippen molar-refractivity contribution < 1.29 is 4.74 Å². The van der Waals surface area contributed by atoms with Crippen LogP contribution >= 0.6 is 15.9 Å². The monoisotopic (exact) mass is 243 g/mol. The van der Waals surface area contributed by atoms with E-state index < -0.39 is 0 Å². The lowest BCUT2D eigenvalue weighted by Crippen LogP contribution is -2.13. The molecule has 0 radical (unpaired) electrons. The van der Waals surface area contributed by atoms with Crippen LogP contribution in [0.25, 0.3) is 0 Å². The molecule has 0 aliphatic carbocycles.